The molecule has 0 aromatic heterocycles. The summed E-state index contributed by atoms with van der Waals surface area (Å²) in [4.78, 5) is 23.6. The van der Waals surface area contributed by atoms with Crippen molar-refractivity contribution < 1.29 is 29.3 Å². The van der Waals surface area contributed by atoms with Gasteiger partial charge in [-0.1, -0.05) is 12.1 Å². The second kappa shape index (κ2) is 7.36. The molecule has 7 heteroatoms. The predicted molar refractivity (Wildman–Crippen MR) is 85.3 cm³/mol. The summed E-state index contributed by atoms with van der Waals surface area (Å²) < 4.78 is 9.52. The number of nitrogens with one attached hydrogen (secondary N) is 1. The molecule has 0 saturated carbocycles. The molecule has 0 aliphatic carbocycles. The summed E-state index contributed by atoms with van der Waals surface area (Å²) in [6, 6.07) is 9.55. The SMILES string of the molecule is COC(=O)c1ccc(C(=O)NCc2ccc(OC)cc2)c(O)c1O. The molecule has 0 heterocycles. The van der Waals surface area contributed by atoms with Crippen LogP contribution in [0.5, 0.6) is 17.2 Å². The van der Waals surface area contributed by atoms with E-state index in [4.69, 9.17) is 4.74 Å². The number of carbonyl (C=O) groups excluding carboxylic acids is 2. The molecule has 126 valence electrons. The molecule has 24 heavy (non-hydrogen) atoms. The number of amides is 1. The third kappa shape index (κ3) is 3.57. The zero-order chi connectivity index (χ0) is 17.7. The van der Waals surface area contributed by atoms with Crippen molar-refractivity contribution in [2.24, 2.45) is 0 Å². The van der Waals surface area contributed by atoms with Crippen LogP contribution in [-0.4, -0.2) is 36.3 Å². The van der Waals surface area contributed by atoms with Crippen molar-refractivity contribution in [1.29, 1.82) is 0 Å². The summed E-state index contributed by atoms with van der Waals surface area (Å²) >= 11 is 0. The summed E-state index contributed by atoms with van der Waals surface area (Å²) in [7, 11) is 2.71. The Kier molecular flexibility index (Phi) is 5.26. The van der Waals surface area contributed by atoms with E-state index in [1.54, 1.807) is 31.4 Å². The fraction of sp³-hybridized carbons (Fsp3) is 0.176. The number of carbonyl (C=O) groups is 2. The number of hydrogen-bond donors (Lipinski definition) is 3. The molecule has 0 aliphatic heterocycles. The molecule has 0 unspecified atom stereocenters. The third-order valence-electron chi connectivity index (χ3n) is 3.41. The van der Waals surface area contributed by atoms with Crippen LogP contribution < -0.4 is 10.1 Å². The minimum absolute atomic E-state index is 0.145. The number of hydrogen-bond acceptors (Lipinski definition) is 6. The molecule has 3 N–H and O–H groups in total. The maximum Gasteiger partial charge on any atom is 0.341 e. The lowest BCUT2D eigenvalue weighted by Crippen LogP contribution is -2.23. The molecule has 2 aromatic carbocycles. The number of methoxy groups -OCH3 is 2. The average molecular weight is 331 g/mol. The highest BCUT2D eigenvalue weighted by molar-refractivity contribution is 6.01. The van der Waals surface area contributed by atoms with E-state index in [0.717, 1.165) is 12.7 Å². The van der Waals surface area contributed by atoms with Gasteiger partial charge in [-0.25, -0.2) is 4.79 Å². The van der Waals surface area contributed by atoms with Crippen molar-refractivity contribution in [3.8, 4) is 17.2 Å². The molecule has 0 saturated heterocycles. The van der Waals surface area contributed by atoms with Gasteiger partial charge in [0.1, 0.15) is 11.3 Å². The normalized spacial score (nSPS) is 10.1. The summed E-state index contributed by atoms with van der Waals surface area (Å²) in [5.74, 6) is -2.07. The highest BCUT2D eigenvalue weighted by Crippen LogP contribution is 2.33. The topological polar surface area (TPSA) is 105 Å². The summed E-state index contributed by atoms with van der Waals surface area (Å²) in [5.41, 5.74) is 0.467. The molecule has 1 amide bonds. The van der Waals surface area contributed by atoms with Gasteiger partial charge in [0.05, 0.1) is 19.8 Å². The third-order valence-corrected chi connectivity index (χ3v) is 3.41. The van der Waals surface area contributed by atoms with Crippen LogP contribution in [-0.2, 0) is 11.3 Å². The molecule has 2 rings (SSSR count). The van der Waals surface area contributed by atoms with Gasteiger partial charge >= 0.3 is 5.97 Å². The number of phenolic OH excluding ortho intramolecular Hbond substituents is 2. The maximum absolute atomic E-state index is 12.1. The standard InChI is InChI=1S/C17H17NO6/c1-23-11-5-3-10(4-6-11)9-18-16(21)12-7-8-13(17(22)24-2)15(20)14(12)19/h3-8,19-20H,9H2,1-2H3,(H,18,21). The van der Waals surface area contributed by atoms with E-state index in [1.807, 2.05) is 0 Å². The lowest BCUT2D eigenvalue weighted by molar-refractivity contribution is 0.0596. The maximum atomic E-state index is 12.1. The van der Waals surface area contributed by atoms with Crippen molar-refractivity contribution in [3.05, 3.63) is 53.1 Å². The molecule has 2 aromatic rings. The largest absolute Gasteiger partial charge is 0.504 e. The smallest absolute Gasteiger partial charge is 0.341 e. The Hall–Kier alpha value is -3.22. The minimum atomic E-state index is -0.812. The van der Waals surface area contributed by atoms with Crippen molar-refractivity contribution in [3.63, 3.8) is 0 Å². The molecule has 0 radical (unpaired) electrons. The Balaban J connectivity index is 2.12. The van der Waals surface area contributed by atoms with E-state index in [1.165, 1.54) is 12.1 Å². The lowest BCUT2D eigenvalue weighted by atomic mass is 10.1. The number of rotatable bonds is 5. The number of esters is 1. The van der Waals surface area contributed by atoms with E-state index < -0.39 is 23.4 Å². The van der Waals surface area contributed by atoms with E-state index in [0.29, 0.717) is 5.75 Å². The first-order chi connectivity index (χ1) is 11.5. The Morgan fingerprint density at radius 3 is 2.12 bits per heavy atom. The van der Waals surface area contributed by atoms with Gasteiger partial charge in [-0.05, 0) is 29.8 Å². The fourth-order valence-corrected chi connectivity index (χ4v) is 2.06. The summed E-state index contributed by atoms with van der Waals surface area (Å²) in [6.45, 7) is 0.224. The Labute approximate surface area is 138 Å². The van der Waals surface area contributed by atoms with Crippen LogP contribution in [0.15, 0.2) is 36.4 Å². The number of ether oxygens (including phenoxy) is 2. The minimum Gasteiger partial charge on any atom is -0.504 e. The number of aromatic hydroxyl groups is 2. The van der Waals surface area contributed by atoms with Gasteiger partial charge in [0, 0.05) is 6.54 Å². The molecular weight excluding hydrogens is 314 g/mol. The quantitative estimate of drug-likeness (QED) is 0.570. The fourth-order valence-electron chi connectivity index (χ4n) is 2.06. The summed E-state index contributed by atoms with van der Waals surface area (Å²) in [6.07, 6.45) is 0. The molecule has 0 bridgehead atoms. The number of phenols is 2. The van der Waals surface area contributed by atoms with Crippen molar-refractivity contribution in [2.75, 3.05) is 14.2 Å². The second-order valence-corrected chi connectivity index (χ2v) is 4.88. The van der Waals surface area contributed by atoms with Crippen LogP contribution in [0.4, 0.5) is 0 Å². The molecular formula is C17H17NO6. The van der Waals surface area contributed by atoms with Gasteiger partial charge in [0.15, 0.2) is 11.5 Å². The predicted octanol–water partition coefficient (Wildman–Crippen LogP) is 1.82. The zero-order valence-electron chi connectivity index (χ0n) is 13.2. The van der Waals surface area contributed by atoms with Gasteiger partial charge in [0.25, 0.3) is 5.91 Å². The first-order valence-electron chi connectivity index (χ1n) is 7.02. The first-order valence-corrected chi connectivity index (χ1v) is 7.02. The van der Waals surface area contributed by atoms with E-state index in [2.05, 4.69) is 10.1 Å². The van der Waals surface area contributed by atoms with Gasteiger partial charge in [-0.15, -0.1) is 0 Å². The second-order valence-electron chi connectivity index (χ2n) is 4.88. The number of benzene rings is 2. The molecule has 7 nitrogen and oxygen atoms in total. The van der Waals surface area contributed by atoms with Gasteiger partial charge in [-0.2, -0.15) is 0 Å². The van der Waals surface area contributed by atoms with Crippen molar-refractivity contribution >= 4 is 11.9 Å². The molecule has 0 aliphatic rings. The molecule has 0 atom stereocenters. The van der Waals surface area contributed by atoms with Crippen molar-refractivity contribution in [1.82, 2.24) is 5.32 Å². The lowest BCUT2D eigenvalue weighted by Gasteiger charge is -2.10. The van der Waals surface area contributed by atoms with Gasteiger partial charge in [0.2, 0.25) is 0 Å². The van der Waals surface area contributed by atoms with Gasteiger partial charge < -0.3 is 25.0 Å². The molecule has 0 spiro atoms. The van der Waals surface area contributed by atoms with Crippen LogP contribution in [0.1, 0.15) is 26.3 Å². The highest BCUT2D eigenvalue weighted by Gasteiger charge is 2.21. The monoisotopic (exact) mass is 331 g/mol. The van der Waals surface area contributed by atoms with E-state index in [9.17, 15) is 19.8 Å². The van der Waals surface area contributed by atoms with Gasteiger partial charge in [-0.3, -0.25) is 4.79 Å². The Morgan fingerprint density at radius 2 is 1.54 bits per heavy atom. The zero-order valence-corrected chi connectivity index (χ0v) is 13.2. The van der Waals surface area contributed by atoms with Crippen LogP contribution in [0, 0.1) is 0 Å². The van der Waals surface area contributed by atoms with E-state index >= 15 is 0 Å². The molecule has 0 fully saturated rings. The summed E-state index contributed by atoms with van der Waals surface area (Å²) in [5, 5.41) is 22.4. The first kappa shape index (κ1) is 17.1. The van der Waals surface area contributed by atoms with Crippen LogP contribution in [0.2, 0.25) is 0 Å². The highest BCUT2D eigenvalue weighted by atomic mass is 16.5. The van der Waals surface area contributed by atoms with Crippen LogP contribution >= 0.6 is 0 Å². The van der Waals surface area contributed by atoms with Crippen LogP contribution in [0.3, 0.4) is 0 Å². The Bertz CT molecular complexity index is 754. The Morgan fingerprint density at radius 1 is 0.958 bits per heavy atom. The van der Waals surface area contributed by atoms with Crippen molar-refractivity contribution in [2.45, 2.75) is 6.54 Å². The average Bonchev–Trinajstić information content (AvgIpc) is 2.61. The van der Waals surface area contributed by atoms with E-state index in [-0.39, 0.29) is 17.7 Å². The van der Waals surface area contributed by atoms with Crippen LogP contribution in [0.25, 0.3) is 0 Å².